The summed E-state index contributed by atoms with van der Waals surface area (Å²) in [4.78, 5) is 49.7. The number of rotatable bonds is 6. The molecule has 0 spiro atoms. The van der Waals surface area contributed by atoms with Gasteiger partial charge in [0.05, 0.1) is 32.3 Å². The molecule has 1 atom stereocenters. The minimum atomic E-state index is -0.553. The first-order valence-electron chi connectivity index (χ1n) is 11.9. The molecule has 12 nitrogen and oxygen atoms in total. The molecule has 1 saturated carbocycles. The van der Waals surface area contributed by atoms with Crippen molar-refractivity contribution in [1.29, 1.82) is 0 Å². The number of amides is 2. The third kappa shape index (κ3) is 4.54. The lowest BCUT2D eigenvalue weighted by Crippen LogP contribution is -2.57. The predicted octanol–water partition coefficient (Wildman–Crippen LogP) is -0.813. The van der Waals surface area contributed by atoms with Crippen LogP contribution < -0.4 is 32.8 Å². The maximum Gasteiger partial charge on any atom is 0.323 e. The van der Waals surface area contributed by atoms with Gasteiger partial charge in [-0.1, -0.05) is 6.58 Å². The van der Waals surface area contributed by atoms with Crippen LogP contribution in [-0.2, 0) is 4.79 Å². The zero-order valence-electron chi connectivity index (χ0n) is 19.8. The molecule has 6 rings (SSSR count). The summed E-state index contributed by atoms with van der Waals surface area (Å²) < 4.78 is 1.74. The average Bonchev–Trinajstić information content (AvgIpc) is 3.25. The zero-order chi connectivity index (χ0) is 25.7. The molecule has 5 heterocycles. The van der Waals surface area contributed by atoms with Crippen molar-refractivity contribution >= 4 is 47.3 Å². The number of nitrogens with zero attached hydrogens (tertiary/aromatic N) is 4. The van der Waals surface area contributed by atoms with Crippen LogP contribution in [0, 0.1) is 0 Å². The summed E-state index contributed by atoms with van der Waals surface area (Å²) >= 11 is 1.35. The van der Waals surface area contributed by atoms with Gasteiger partial charge in [-0.2, -0.15) is 9.61 Å². The standard InChI is InChI=1S/C24H25N9O3S/c1-12-15(31-24(36)28-12)8-13-10-27-33-20(29-14-2-3-14)9-16(30-22(13)33)18-4-5-19(37-18)23(35)32-7-6-26-17(11-32)21(25)34/h4-5,8-10,14,17,26,29H,1-3,6-7,11H2,(H2,25,34)(H2,28,31,36)/b15-8-. The first-order chi connectivity index (χ1) is 17.9. The van der Waals surface area contributed by atoms with Crippen molar-refractivity contribution in [2.75, 3.05) is 25.0 Å². The number of carbonyl (C=O) groups is 2. The largest absolute Gasteiger partial charge is 0.368 e. The highest BCUT2D eigenvalue weighted by atomic mass is 32.1. The third-order valence-electron chi connectivity index (χ3n) is 6.44. The van der Waals surface area contributed by atoms with Crippen molar-refractivity contribution in [2.24, 2.45) is 5.73 Å². The molecule has 13 heteroatoms. The van der Waals surface area contributed by atoms with Crippen LogP contribution in [0.1, 0.15) is 28.1 Å². The minimum absolute atomic E-state index is 0.140. The van der Waals surface area contributed by atoms with E-state index in [1.54, 1.807) is 27.8 Å². The Balaban J connectivity index is 1.37. The van der Waals surface area contributed by atoms with E-state index in [4.69, 9.17) is 10.7 Å². The Hall–Kier alpha value is -4.23. The van der Waals surface area contributed by atoms with Crippen molar-refractivity contribution in [3.05, 3.63) is 56.0 Å². The molecule has 1 saturated heterocycles. The Morgan fingerprint density at radius 3 is 2.84 bits per heavy atom. The number of H-pyrrole nitrogens is 2. The quantitative estimate of drug-likeness (QED) is 0.222. The molecule has 1 unspecified atom stereocenters. The third-order valence-corrected chi connectivity index (χ3v) is 7.54. The van der Waals surface area contributed by atoms with Gasteiger partial charge in [0.15, 0.2) is 5.65 Å². The number of aromatic nitrogens is 5. The fourth-order valence-electron chi connectivity index (χ4n) is 4.33. The minimum Gasteiger partial charge on any atom is -0.368 e. The Labute approximate surface area is 213 Å². The molecule has 190 valence electrons. The molecule has 1 aliphatic heterocycles. The van der Waals surface area contributed by atoms with E-state index in [0.29, 0.717) is 51.6 Å². The Morgan fingerprint density at radius 2 is 2.11 bits per heavy atom. The first-order valence-corrected chi connectivity index (χ1v) is 12.7. The van der Waals surface area contributed by atoms with Crippen LogP contribution in [0.5, 0.6) is 0 Å². The SMILES string of the molecule is C=c1[nH]c(=O)[nH]/c1=C\c1cnn2c(NC3CC3)cc(-c3ccc(C(=O)N4CCNC(C(N)=O)C4)s3)nc12. The summed E-state index contributed by atoms with van der Waals surface area (Å²) in [5.74, 6) is 0.187. The maximum atomic E-state index is 13.2. The highest BCUT2D eigenvalue weighted by molar-refractivity contribution is 7.17. The van der Waals surface area contributed by atoms with Crippen LogP contribution in [0.25, 0.3) is 28.9 Å². The first kappa shape index (κ1) is 23.2. The highest BCUT2D eigenvalue weighted by Crippen LogP contribution is 2.32. The van der Waals surface area contributed by atoms with Gasteiger partial charge in [-0.05, 0) is 31.1 Å². The lowest BCUT2D eigenvalue weighted by molar-refractivity contribution is -0.120. The second-order valence-electron chi connectivity index (χ2n) is 9.22. The molecule has 0 bridgehead atoms. The fraction of sp³-hybridized carbons (Fsp3) is 0.292. The molecular formula is C24H25N9O3S. The second kappa shape index (κ2) is 9.01. The number of piperazine rings is 1. The number of thiophene rings is 1. The molecule has 2 amide bonds. The number of primary amides is 1. The number of aromatic amines is 2. The van der Waals surface area contributed by atoms with Crippen molar-refractivity contribution in [3.8, 4) is 10.6 Å². The maximum absolute atomic E-state index is 13.2. The van der Waals surface area contributed by atoms with Crippen molar-refractivity contribution < 1.29 is 9.59 Å². The van der Waals surface area contributed by atoms with Crippen LogP contribution in [-0.4, -0.2) is 73.0 Å². The number of nitrogens with two attached hydrogens (primary N) is 1. The van der Waals surface area contributed by atoms with Gasteiger partial charge in [0.2, 0.25) is 5.91 Å². The van der Waals surface area contributed by atoms with Gasteiger partial charge in [0.1, 0.15) is 11.9 Å². The zero-order valence-corrected chi connectivity index (χ0v) is 20.6. The normalized spacial score (nSPS) is 18.4. The van der Waals surface area contributed by atoms with Crippen LogP contribution >= 0.6 is 11.3 Å². The molecule has 2 aliphatic rings. The molecule has 2 fully saturated rings. The Kier molecular flexibility index (Phi) is 5.65. The summed E-state index contributed by atoms with van der Waals surface area (Å²) in [7, 11) is 0. The summed E-state index contributed by atoms with van der Waals surface area (Å²) in [5.41, 5.74) is 7.11. The Morgan fingerprint density at radius 1 is 1.27 bits per heavy atom. The van der Waals surface area contributed by atoms with E-state index in [2.05, 4.69) is 32.3 Å². The molecule has 4 aromatic rings. The number of nitrogens with one attached hydrogen (secondary N) is 4. The summed E-state index contributed by atoms with van der Waals surface area (Å²) in [6.45, 7) is 5.11. The number of hydrogen-bond acceptors (Lipinski definition) is 8. The summed E-state index contributed by atoms with van der Waals surface area (Å²) in [6.07, 6.45) is 5.65. The van der Waals surface area contributed by atoms with Gasteiger partial charge in [0.25, 0.3) is 5.91 Å². The van der Waals surface area contributed by atoms with Crippen molar-refractivity contribution in [3.63, 3.8) is 0 Å². The van der Waals surface area contributed by atoms with Gasteiger partial charge >= 0.3 is 5.69 Å². The summed E-state index contributed by atoms with van der Waals surface area (Å²) in [5, 5.41) is 12.1. The van der Waals surface area contributed by atoms with Crippen molar-refractivity contribution in [2.45, 2.75) is 24.9 Å². The smallest absolute Gasteiger partial charge is 0.323 e. The van der Waals surface area contributed by atoms with E-state index < -0.39 is 11.9 Å². The van der Waals surface area contributed by atoms with Gasteiger partial charge < -0.3 is 31.2 Å². The average molecular weight is 520 g/mol. The van der Waals surface area contributed by atoms with Crippen molar-refractivity contribution in [1.82, 2.24) is 34.8 Å². The van der Waals surface area contributed by atoms with Gasteiger partial charge in [-0.3, -0.25) is 9.59 Å². The highest BCUT2D eigenvalue weighted by Gasteiger charge is 2.28. The predicted molar refractivity (Wildman–Crippen MR) is 140 cm³/mol. The molecular weight excluding hydrogens is 494 g/mol. The molecule has 0 aromatic carbocycles. The number of carbonyl (C=O) groups excluding carboxylic acids is 2. The van der Waals surface area contributed by atoms with Crippen LogP contribution in [0.4, 0.5) is 5.82 Å². The van der Waals surface area contributed by atoms with Crippen LogP contribution in [0.3, 0.4) is 0 Å². The lowest BCUT2D eigenvalue weighted by Gasteiger charge is -2.31. The molecule has 6 N–H and O–H groups in total. The lowest BCUT2D eigenvalue weighted by atomic mass is 10.2. The van der Waals surface area contributed by atoms with Gasteiger partial charge in [-0.15, -0.1) is 11.3 Å². The van der Waals surface area contributed by atoms with Crippen LogP contribution in [0.2, 0.25) is 0 Å². The number of imidazole rings is 1. The van der Waals surface area contributed by atoms with E-state index in [1.807, 2.05) is 12.1 Å². The van der Waals surface area contributed by atoms with E-state index in [9.17, 15) is 14.4 Å². The topological polar surface area (TPSA) is 166 Å². The number of hydrogen-bond donors (Lipinski definition) is 5. The second-order valence-corrected chi connectivity index (χ2v) is 10.3. The molecule has 0 radical (unpaired) electrons. The molecule has 37 heavy (non-hydrogen) atoms. The molecule has 1 aliphatic carbocycles. The number of fused-ring (bicyclic) bond motifs is 1. The Bertz CT molecular complexity index is 1690. The van der Waals surface area contributed by atoms with E-state index in [1.165, 1.54) is 11.3 Å². The van der Waals surface area contributed by atoms with Crippen LogP contribution in [0.15, 0.2) is 29.2 Å². The van der Waals surface area contributed by atoms with E-state index in [-0.39, 0.29) is 18.1 Å². The van der Waals surface area contributed by atoms with E-state index in [0.717, 1.165) is 23.5 Å². The van der Waals surface area contributed by atoms with Gasteiger partial charge in [0, 0.05) is 37.3 Å². The summed E-state index contributed by atoms with van der Waals surface area (Å²) in [6, 6.07) is 5.42. The molecule has 4 aromatic heterocycles. The fourth-order valence-corrected chi connectivity index (χ4v) is 5.27. The monoisotopic (exact) mass is 519 g/mol. The number of anilines is 1. The van der Waals surface area contributed by atoms with E-state index >= 15 is 0 Å². The van der Waals surface area contributed by atoms with Gasteiger partial charge in [-0.25, -0.2) is 9.78 Å².